The van der Waals surface area contributed by atoms with Gasteiger partial charge in [0.25, 0.3) is 0 Å². The summed E-state index contributed by atoms with van der Waals surface area (Å²) < 4.78 is 0.792. The second kappa shape index (κ2) is 9.54. The molecule has 0 heterocycles. The van der Waals surface area contributed by atoms with Crippen LogP contribution in [0, 0.1) is 0 Å². The van der Waals surface area contributed by atoms with Gasteiger partial charge in [-0.1, -0.05) is 61.2 Å². The highest BCUT2D eigenvalue weighted by molar-refractivity contribution is 5.85. The molecule has 2 rings (SSSR count). The van der Waals surface area contributed by atoms with Crippen LogP contribution >= 0.6 is 0 Å². The van der Waals surface area contributed by atoms with Crippen LogP contribution in [0.4, 0.5) is 0 Å². The zero-order chi connectivity index (χ0) is 17.6. The van der Waals surface area contributed by atoms with E-state index in [0.717, 1.165) is 40.7 Å². The number of nitrogens with zero attached hydrogens (tertiary/aromatic N) is 1. The molecule has 0 aliphatic rings. The largest absolute Gasteiger partial charge is 1.00 e. The van der Waals surface area contributed by atoms with E-state index < -0.39 is 0 Å². The molecule has 2 aromatic rings. The van der Waals surface area contributed by atoms with Gasteiger partial charge in [-0.3, -0.25) is 4.79 Å². The molecule has 0 spiro atoms. The summed E-state index contributed by atoms with van der Waals surface area (Å²) in [4.78, 5) is 12.2. The monoisotopic (exact) mass is 402 g/mol. The van der Waals surface area contributed by atoms with Crippen LogP contribution < -0.4 is 22.7 Å². The molecule has 0 radical (unpaired) electrons. The first-order valence-corrected chi connectivity index (χ1v) is 8.31. The number of halogens is 1. The molecule has 0 fully saturated rings. The topological polar surface area (TPSA) is 43.1 Å². The summed E-state index contributed by atoms with van der Waals surface area (Å²) >= 11 is 0. The molecular weight excluding hydrogens is 376 g/mol. The zero-order valence-corrected chi connectivity index (χ0v) is 16.6. The van der Waals surface area contributed by atoms with E-state index in [2.05, 4.69) is 38.9 Å². The van der Waals surface area contributed by atoms with Gasteiger partial charge in [0.05, 0.1) is 33.1 Å². The summed E-state index contributed by atoms with van der Waals surface area (Å²) in [5, 5.41) is 0. The lowest BCUT2D eigenvalue weighted by molar-refractivity contribution is -0.884. The van der Waals surface area contributed by atoms with Gasteiger partial charge in [-0.2, -0.15) is 0 Å². The fraction of sp³-hybridized carbons (Fsp3) is 0.286. The van der Waals surface area contributed by atoms with Gasteiger partial charge in [0, 0.05) is 6.42 Å². The Hall–Kier alpha value is -1.91. The molecule has 4 heteroatoms. The van der Waals surface area contributed by atoms with Crippen LogP contribution in [0.5, 0.6) is 0 Å². The predicted octanol–water partition coefficient (Wildman–Crippen LogP) is 0.579. The van der Waals surface area contributed by atoms with Crippen molar-refractivity contribution in [2.75, 3.05) is 27.2 Å². The van der Waals surface area contributed by atoms with Crippen molar-refractivity contribution in [2.24, 2.45) is 5.73 Å². The molecule has 3 nitrogen and oxygen atoms in total. The summed E-state index contributed by atoms with van der Waals surface area (Å²) in [6, 6.07) is 18.2. The highest BCUT2D eigenvalue weighted by Gasteiger charge is 2.24. The lowest BCUT2D eigenvalue weighted by Gasteiger charge is -2.30. The molecule has 0 saturated carbocycles. The van der Waals surface area contributed by atoms with E-state index in [4.69, 9.17) is 5.73 Å². The highest BCUT2D eigenvalue weighted by atomic mass is 79.9. The van der Waals surface area contributed by atoms with Crippen LogP contribution in [0.2, 0.25) is 0 Å². The van der Waals surface area contributed by atoms with E-state index in [0.29, 0.717) is 0 Å². The molecule has 134 valence electrons. The quantitative estimate of drug-likeness (QED) is 0.509. The van der Waals surface area contributed by atoms with Gasteiger partial charge in [-0.25, -0.2) is 0 Å². The third kappa shape index (κ3) is 5.83. The van der Waals surface area contributed by atoms with Crippen molar-refractivity contribution in [3.8, 4) is 11.1 Å². The minimum atomic E-state index is -0.288. The molecule has 0 saturated heterocycles. The molecule has 0 aliphatic heterocycles. The average molecular weight is 403 g/mol. The maximum Gasteiger partial charge on any atom is 0.225 e. The predicted molar refractivity (Wildman–Crippen MR) is 100 cm³/mol. The van der Waals surface area contributed by atoms with Crippen LogP contribution in [-0.4, -0.2) is 37.6 Å². The SMILES string of the molecule is C=CC[N+](C)(C)CCC(C(N)=O)c1ccccc1-c1ccccc1.[Br-]. The normalized spacial score (nSPS) is 12.1. The third-order valence-electron chi connectivity index (χ3n) is 4.41. The van der Waals surface area contributed by atoms with Gasteiger partial charge in [0.2, 0.25) is 5.91 Å². The number of carbonyl (C=O) groups is 1. The molecular formula is C21H27BrN2O. The van der Waals surface area contributed by atoms with E-state index in [-0.39, 0.29) is 28.8 Å². The number of hydrogen-bond donors (Lipinski definition) is 1. The molecule has 25 heavy (non-hydrogen) atoms. The summed E-state index contributed by atoms with van der Waals surface area (Å²) in [5.74, 6) is -0.555. The smallest absolute Gasteiger partial charge is 0.225 e. The van der Waals surface area contributed by atoms with E-state index in [9.17, 15) is 4.79 Å². The zero-order valence-electron chi connectivity index (χ0n) is 15.0. The van der Waals surface area contributed by atoms with E-state index in [1.54, 1.807) is 0 Å². The Morgan fingerprint density at radius 3 is 2.32 bits per heavy atom. The first kappa shape index (κ1) is 21.1. The standard InChI is InChI=1S/C21H26N2O.BrH/c1-4-15-23(2,3)16-14-20(21(22)24)19-13-9-8-12-18(19)17-10-6-5-7-11-17;/h4-13,20H,1,14-16H2,2-3H3,(H-,22,24);1H. The van der Waals surface area contributed by atoms with Crippen molar-refractivity contribution in [2.45, 2.75) is 12.3 Å². The number of likely N-dealkylation sites (N-methyl/N-ethyl adjacent to an activating group) is 1. The minimum Gasteiger partial charge on any atom is -1.00 e. The number of rotatable bonds is 8. The molecule has 0 aliphatic carbocycles. The van der Waals surface area contributed by atoms with Crippen molar-refractivity contribution >= 4 is 5.91 Å². The molecule has 2 aromatic carbocycles. The maximum atomic E-state index is 12.2. The Kier molecular flexibility index (Phi) is 8.07. The summed E-state index contributed by atoms with van der Waals surface area (Å²) in [6.45, 7) is 5.54. The van der Waals surface area contributed by atoms with Gasteiger partial charge in [0.15, 0.2) is 0 Å². The number of quaternary nitrogens is 1. The fourth-order valence-electron chi connectivity index (χ4n) is 3.05. The molecule has 1 unspecified atom stereocenters. The molecule has 1 amide bonds. The Labute approximate surface area is 161 Å². The van der Waals surface area contributed by atoms with Crippen LogP contribution in [-0.2, 0) is 4.79 Å². The van der Waals surface area contributed by atoms with Gasteiger partial charge in [0.1, 0.15) is 0 Å². The van der Waals surface area contributed by atoms with Crippen molar-refractivity contribution in [3.63, 3.8) is 0 Å². The van der Waals surface area contributed by atoms with Crippen molar-refractivity contribution in [1.82, 2.24) is 0 Å². The van der Waals surface area contributed by atoms with Crippen molar-refractivity contribution in [3.05, 3.63) is 72.8 Å². The van der Waals surface area contributed by atoms with Crippen molar-refractivity contribution < 1.29 is 26.3 Å². The number of primary amides is 1. The fourth-order valence-corrected chi connectivity index (χ4v) is 3.05. The van der Waals surface area contributed by atoms with Gasteiger partial charge < -0.3 is 27.2 Å². The van der Waals surface area contributed by atoms with Crippen LogP contribution in [0.25, 0.3) is 11.1 Å². The third-order valence-corrected chi connectivity index (χ3v) is 4.41. The number of amides is 1. The lowest BCUT2D eigenvalue weighted by atomic mass is 9.88. The molecule has 2 N–H and O–H groups in total. The van der Waals surface area contributed by atoms with Crippen LogP contribution in [0.15, 0.2) is 67.3 Å². The van der Waals surface area contributed by atoms with Gasteiger partial charge in [-0.15, -0.1) is 0 Å². The summed E-state index contributed by atoms with van der Waals surface area (Å²) in [6.07, 6.45) is 2.64. The first-order valence-electron chi connectivity index (χ1n) is 8.31. The number of benzene rings is 2. The Morgan fingerprint density at radius 2 is 1.72 bits per heavy atom. The molecule has 0 bridgehead atoms. The lowest BCUT2D eigenvalue weighted by Crippen LogP contribution is -3.00. The Bertz CT molecular complexity index is 698. The second-order valence-corrected chi connectivity index (χ2v) is 6.83. The number of carbonyl (C=O) groups excluding carboxylic acids is 1. The number of nitrogens with two attached hydrogens (primary N) is 1. The van der Waals surface area contributed by atoms with E-state index in [1.165, 1.54) is 0 Å². The average Bonchev–Trinajstić information content (AvgIpc) is 2.56. The van der Waals surface area contributed by atoms with Crippen LogP contribution in [0.3, 0.4) is 0 Å². The minimum absolute atomic E-state index is 0. The van der Waals surface area contributed by atoms with Gasteiger partial charge >= 0.3 is 0 Å². The Balaban J connectivity index is 0.00000312. The number of hydrogen-bond acceptors (Lipinski definition) is 1. The van der Waals surface area contributed by atoms with E-state index in [1.807, 2.05) is 42.5 Å². The van der Waals surface area contributed by atoms with Crippen molar-refractivity contribution in [1.29, 1.82) is 0 Å². The van der Waals surface area contributed by atoms with E-state index >= 15 is 0 Å². The maximum absolute atomic E-state index is 12.2. The summed E-state index contributed by atoms with van der Waals surface area (Å²) in [7, 11) is 4.28. The van der Waals surface area contributed by atoms with Gasteiger partial charge in [-0.05, 0) is 22.8 Å². The summed E-state index contributed by atoms with van der Waals surface area (Å²) in [5.41, 5.74) is 8.95. The van der Waals surface area contributed by atoms with Crippen LogP contribution in [0.1, 0.15) is 17.9 Å². The Morgan fingerprint density at radius 1 is 1.12 bits per heavy atom. The first-order chi connectivity index (χ1) is 11.4. The second-order valence-electron chi connectivity index (χ2n) is 6.83. The molecule has 1 atom stereocenters. The molecule has 0 aromatic heterocycles. The highest BCUT2D eigenvalue weighted by Crippen LogP contribution is 2.31.